The number of hydrogen-bond donors (Lipinski definition) is 1. The molecular weight excluding hydrogens is 354 g/mol. The second kappa shape index (κ2) is 7.75. The maximum absolute atomic E-state index is 12.1. The van der Waals surface area contributed by atoms with E-state index in [0.29, 0.717) is 5.92 Å². The van der Waals surface area contributed by atoms with Crippen LogP contribution in [-0.2, 0) is 9.59 Å². The lowest BCUT2D eigenvalue weighted by molar-refractivity contribution is -0.137. The van der Waals surface area contributed by atoms with E-state index < -0.39 is 5.97 Å². The topological polar surface area (TPSA) is 57.6 Å². The Morgan fingerprint density at radius 3 is 2.67 bits per heavy atom. The van der Waals surface area contributed by atoms with Crippen LogP contribution in [0.1, 0.15) is 30.6 Å². The number of rotatable bonds is 5. The summed E-state index contributed by atoms with van der Waals surface area (Å²) >= 11 is 4.98. The van der Waals surface area contributed by atoms with E-state index in [-0.39, 0.29) is 12.3 Å². The molecule has 0 unspecified atom stereocenters. The van der Waals surface area contributed by atoms with Crippen LogP contribution in [-0.4, -0.2) is 35.0 Å². The van der Waals surface area contributed by atoms with Gasteiger partial charge in [-0.2, -0.15) is 0 Å². The SMILES string of the molecule is O=C(O)CCC1CCN(C(=O)C=Cc2ccc(Br)s2)CC1. The predicted octanol–water partition coefficient (Wildman–Crippen LogP) is 3.63. The largest absolute Gasteiger partial charge is 0.481 e. The van der Waals surface area contributed by atoms with E-state index in [0.717, 1.165) is 41.0 Å². The molecule has 1 fully saturated rings. The highest BCUT2D eigenvalue weighted by Crippen LogP contribution is 2.24. The van der Waals surface area contributed by atoms with E-state index in [4.69, 9.17) is 5.11 Å². The van der Waals surface area contributed by atoms with Crippen molar-refractivity contribution < 1.29 is 14.7 Å². The minimum Gasteiger partial charge on any atom is -0.481 e. The predicted molar refractivity (Wildman–Crippen MR) is 87.2 cm³/mol. The molecule has 21 heavy (non-hydrogen) atoms. The van der Waals surface area contributed by atoms with Crippen molar-refractivity contribution in [2.45, 2.75) is 25.7 Å². The van der Waals surface area contributed by atoms with Crippen LogP contribution in [0, 0.1) is 5.92 Å². The second-order valence-electron chi connectivity index (χ2n) is 5.18. The Balaban J connectivity index is 1.77. The highest BCUT2D eigenvalue weighted by molar-refractivity contribution is 9.11. The highest BCUT2D eigenvalue weighted by Gasteiger charge is 2.21. The smallest absolute Gasteiger partial charge is 0.303 e. The first kappa shape index (κ1) is 16.2. The van der Waals surface area contributed by atoms with E-state index in [1.54, 1.807) is 17.4 Å². The van der Waals surface area contributed by atoms with Crippen molar-refractivity contribution in [2.75, 3.05) is 13.1 Å². The second-order valence-corrected chi connectivity index (χ2v) is 7.67. The summed E-state index contributed by atoms with van der Waals surface area (Å²) in [6.45, 7) is 1.45. The van der Waals surface area contributed by atoms with Crippen LogP contribution in [0.3, 0.4) is 0 Å². The zero-order chi connectivity index (χ0) is 15.2. The zero-order valence-corrected chi connectivity index (χ0v) is 14.0. The normalized spacial score (nSPS) is 16.5. The number of halogens is 1. The molecule has 2 rings (SSSR count). The Morgan fingerprint density at radius 1 is 1.38 bits per heavy atom. The standard InChI is InChI=1S/C15H18BrNO3S/c16-13-4-2-12(21-13)3-5-14(18)17-9-7-11(8-10-17)1-6-15(19)20/h2-5,11H,1,6-10H2,(H,19,20). The van der Waals surface area contributed by atoms with Crippen LogP contribution in [0.2, 0.25) is 0 Å². The van der Waals surface area contributed by atoms with E-state index in [1.807, 2.05) is 23.1 Å². The maximum Gasteiger partial charge on any atom is 0.303 e. The summed E-state index contributed by atoms with van der Waals surface area (Å²) in [7, 11) is 0. The van der Waals surface area contributed by atoms with Crippen LogP contribution in [0.15, 0.2) is 22.0 Å². The molecule has 1 amide bonds. The fourth-order valence-corrected chi connectivity index (χ4v) is 3.77. The van der Waals surface area contributed by atoms with Gasteiger partial charge in [0, 0.05) is 30.5 Å². The molecule has 1 aromatic heterocycles. The van der Waals surface area contributed by atoms with Crippen molar-refractivity contribution in [3.05, 3.63) is 26.9 Å². The lowest BCUT2D eigenvalue weighted by Gasteiger charge is -2.31. The molecule has 4 nitrogen and oxygen atoms in total. The number of hydrogen-bond acceptors (Lipinski definition) is 3. The van der Waals surface area contributed by atoms with Gasteiger partial charge < -0.3 is 10.0 Å². The molecule has 0 aromatic carbocycles. The molecule has 1 saturated heterocycles. The van der Waals surface area contributed by atoms with Crippen LogP contribution in [0.25, 0.3) is 6.08 Å². The number of likely N-dealkylation sites (tertiary alicyclic amines) is 1. The van der Waals surface area contributed by atoms with E-state index >= 15 is 0 Å². The third kappa shape index (κ3) is 5.28. The molecule has 6 heteroatoms. The van der Waals surface area contributed by atoms with Gasteiger partial charge in [-0.25, -0.2) is 0 Å². The molecule has 1 aromatic rings. The van der Waals surface area contributed by atoms with Gasteiger partial charge in [-0.05, 0) is 59.3 Å². The van der Waals surface area contributed by atoms with Crippen molar-refractivity contribution in [3.63, 3.8) is 0 Å². The van der Waals surface area contributed by atoms with E-state index in [2.05, 4.69) is 15.9 Å². The number of aliphatic carboxylic acids is 1. The average Bonchev–Trinajstić information content (AvgIpc) is 2.89. The molecule has 0 bridgehead atoms. The number of amides is 1. The van der Waals surface area contributed by atoms with Gasteiger partial charge in [-0.15, -0.1) is 11.3 Å². The molecule has 1 aliphatic rings. The third-order valence-electron chi connectivity index (χ3n) is 3.68. The van der Waals surface area contributed by atoms with Crippen LogP contribution in [0.5, 0.6) is 0 Å². The van der Waals surface area contributed by atoms with Crippen molar-refractivity contribution in [1.29, 1.82) is 0 Å². The van der Waals surface area contributed by atoms with Crippen LogP contribution < -0.4 is 0 Å². The molecule has 0 atom stereocenters. The first-order chi connectivity index (χ1) is 10.0. The van der Waals surface area contributed by atoms with Crippen molar-refractivity contribution in [3.8, 4) is 0 Å². The Morgan fingerprint density at radius 2 is 2.10 bits per heavy atom. The van der Waals surface area contributed by atoms with Gasteiger partial charge in [0.05, 0.1) is 3.79 Å². The number of carboxylic acids is 1. The van der Waals surface area contributed by atoms with Gasteiger partial charge in [0.15, 0.2) is 0 Å². The summed E-state index contributed by atoms with van der Waals surface area (Å²) < 4.78 is 1.05. The van der Waals surface area contributed by atoms with E-state index in [9.17, 15) is 9.59 Å². The maximum atomic E-state index is 12.1. The number of nitrogens with zero attached hydrogens (tertiary/aromatic N) is 1. The van der Waals surface area contributed by atoms with Gasteiger partial charge in [-0.1, -0.05) is 0 Å². The number of carbonyl (C=O) groups is 2. The van der Waals surface area contributed by atoms with Gasteiger partial charge in [0.25, 0.3) is 0 Å². The number of piperidine rings is 1. The van der Waals surface area contributed by atoms with Crippen molar-refractivity contribution in [2.24, 2.45) is 5.92 Å². The Labute approximate surface area is 136 Å². The molecule has 0 spiro atoms. The summed E-state index contributed by atoms with van der Waals surface area (Å²) in [5.41, 5.74) is 0. The molecule has 114 valence electrons. The molecule has 0 radical (unpaired) electrons. The van der Waals surface area contributed by atoms with Crippen LogP contribution in [0.4, 0.5) is 0 Å². The third-order valence-corrected chi connectivity index (χ3v) is 5.27. The lowest BCUT2D eigenvalue weighted by atomic mass is 9.92. The summed E-state index contributed by atoms with van der Waals surface area (Å²) in [6, 6.07) is 3.93. The number of carboxylic acid groups (broad SMARTS) is 1. The van der Waals surface area contributed by atoms with Crippen molar-refractivity contribution >= 4 is 45.2 Å². The molecule has 1 aliphatic heterocycles. The summed E-state index contributed by atoms with van der Waals surface area (Å²) in [5.74, 6) is -0.267. The fraction of sp³-hybridized carbons (Fsp3) is 0.467. The molecule has 0 saturated carbocycles. The van der Waals surface area contributed by atoms with Crippen LogP contribution >= 0.6 is 27.3 Å². The Hall–Kier alpha value is -1.14. The zero-order valence-electron chi connectivity index (χ0n) is 11.6. The minimum atomic E-state index is -0.737. The molecular formula is C15H18BrNO3S. The highest BCUT2D eigenvalue weighted by atomic mass is 79.9. The number of thiophene rings is 1. The number of carbonyl (C=O) groups excluding carboxylic acids is 1. The Bertz CT molecular complexity index is 533. The lowest BCUT2D eigenvalue weighted by Crippen LogP contribution is -2.37. The summed E-state index contributed by atoms with van der Waals surface area (Å²) in [5, 5.41) is 8.69. The van der Waals surface area contributed by atoms with Gasteiger partial charge in [-0.3, -0.25) is 9.59 Å². The summed E-state index contributed by atoms with van der Waals surface area (Å²) in [6.07, 6.45) is 6.21. The van der Waals surface area contributed by atoms with Crippen molar-refractivity contribution in [1.82, 2.24) is 4.90 Å². The first-order valence-electron chi connectivity index (χ1n) is 6.98. The Kier molecular flexibility index (Phi) is 5.99. The quantitative estimate of drug-likeness (QED) is 0.803. The molecule has 1 N–H and O–H groups in total. The minimum absolute atomic E-state index is 0.0382. The molecule has 0 aliphatic carbocycles. The summed E-state index contributed by atoms with van der Waals surface area (Å²) in [4.78, 5) is 25.5. The fourth-order valence-electron chi connectivity index (χ4n) is 2.45. The van der Waals surface area contributed by atoms with Gasteiger partial charge in [0.2, 0.25) is 5.91 Å². The first-order valence-corrected chi connectivity index (χ1v) is 8.59. The average molecular weight is 372 g/mol. The molecule has 2 heterocycles. The monoisotopic (exact) mass is 371 g/mol. The van der Waals surface area contributed by atoms with E-state index in [1.165, 1.54) is 0 Å². The van der Waals surface area contributed by atoms with Gasteiger partial charge in [0.1, 0.15) is 0 Å². The van der Waals surface area contributed by atoms with Gasteiger partial charge >= 0.3 is 5.97 Å².